The Morgan fingerprint density at radius 2 is 1.87 bits per heavy atom. The van der Waals surface area contributed by atoms with Crippen LogP contribution in [0.15, 0.2) is 54.7 Å². The maximum absolute atomic E-state index is 12.5. The highest BCUT2D eigenvalue weighted by Crippen LogP contribution is 2.34. The molecule has 0 unspecified atom stereocenters. The number of rotatable bonds is 4. The highest BCUT2D eigenvalue weighted by molar-refractivity contribution is 5.98. The number of benzene rings is 2. The van der Waals surface area contributed by atoms with Gasteiger partial charge in [-0.05, 0) is 23.8 Å². The summed E-state index contributed by atoms with van der Waals surface area (Å²) in [5.41, 5.74) is 2.15. The average Bonchev–Trinajstić information content (AvgIpc) is 3.12. The van der Waals surface area contributed by atoms with Crippen molar-refractivity contribution < 1.29 is 19.1 Å². The van der Waals surface area contributed by atoms with Crippen LogP contribution in [-0.4, -0.2) is 47.3 Å². The number of methoxy groups -OCH3 is 1. The third kappa shape index (κ3) is 3.65. The van der Waals surface area contributed by atoms with Crippen LogP contribution in [0.5, 0.6) is 5.75 Å². The summed E-state index contributed by atoms with van der Waals surface area (Å²) in [6, 6.07) is 15.5. The molecule has 7 heteroatoms. The monoisotopic (exact) mass is 419 g/mol. The smallest absolute Gasteiger partial charge is 0.325 e. The molecule has 1 aromatic heterocycles. The van der Waals surface area contributed by atoms with E-state index in [1.165, 1.54) is 12.7 Å². The van der Waals surface area contributed by atoms with E-state index in [1.807, 2.05) is 47.2 Å². The van der Waals surface area contributed by atoms with Crippen molar-refractivity contribution in [2.24, 2.45) is 0 Å². The number of hydrogen-bond donors (Lipinski definition) is 1. The molecule has 2 aliphatic heterocycles. The zero-order valence-corrected chi connectivity index (χ0v) is 17.5. The van der Waals surface area contributed by atoms with E-state index in [4.69, 9.17) is 9.47 Å². The van der Waals surface area contributed by atoms with Gasteiger partial charge < -0.3 is 19.4 Å². The number of para-hydroxylation sites is 2. The van der Waals surface area contributed by atoms with Gasteiger partial charge in [-0.15, -0.1) is 0 Å². The first-order valence-corrected chi connectivity index (χ1v) is 10.5. The quantitative estimate of drug-likeness (QED) is 0.659. The van der Waals surface area contributed by atoms with Gasteiger partial charge in [0.05, 0.1) is 12.7 Å². The van der Waals surface area contributed by atoms with Gasteiger partial charge in [-0.3, -0.25) is 14.5 Å². The predicted molar refractivity (Wildman–Crippen MR) is 116 cm³/mol. The van der Waals surface area contributed by atoms with Crippen LogP contribution in [0.2, 0.25) is 0 Å². The molecule has 0 bridgehead atoms. The molecular formula is C24H25N3O4. The molecule has 1 spiro atoms. The number of nitrogens with one attached hydrogen (secondary N) is 1. The summed E-state index contributed by atoms with van der Waals surface area (Å²) in [6.07, 6.45) is 3.48. The molecule has 2 aliphatic rings. The van der Waals surface area contributed by atoms with Gasteiger partial charge in [-0.1, -0.05) is 30.3 Å². The second-order valence-electron chi connectivity index (χ2n) is 8.20. The lowest BCUT2D eigenvalue weighted by molar-refractivity contribution is -0.141. The Bertz CT molecular complexity index is 1140. The van der Waals surface area contributed by atoms with Gasteiger partial charge in [0.1, 0.15) is 12.3 Å². The van der Waals surface area contributed by atoms with Gasteiger partial charge in [0.15, 0.2) is 5.72 Å². The zero-order chi connectivity index (χ0) is 21.4. The van der Waals surface area contributed by atoms with E-state index in [1.54, 1.807) is 6.07 Å². The molecule has 0 saturated carbocycles. The third-order valence-electron chi connectivity index (χ3n) is 6.23. The number of carbonyl (C=O) groups is 2. The number of nitrogens with zero attached hydrogens (tertiary/aromatic N) is 2. The van der Waals surface area contributed by atoms with Crippen LogP contribution < -0.4 is 10.1 Å². The number of esters is 1. The van der Waals surface area contributed by atoms with Crippen molar-refractivity contribution in [3.63, 3.8) is 0 Å². The Morgan fingerprint density at radius 3 is 2.68 bits per heavy atom. The SMILES string of the molecule is COC(=O)Cn1cc(CN2CCC3(CC2)NC(=O)c2ccccc2O3)c2ccccc21. The minimum Gasteiger partial charge on any atom is -0.468 e. The maximum atomic E-state index is 12.5. The van der Waals surface area contributed by atoms with E-state index in [0.717, 1.165) is 30.5 Å². The molecule has 2 aromatic carbocycles. The van der Waals surface area contributed by atoms with Crippen molar-refractivity contribution in [2.45, 2.75) is 31.7 Å². The highest BCUT2D eigenvalue weighted by atomic mass is 16.5. The maximum Gasteiger partial charge on any atom is 0.325 e. The summed E-state index contributed by atoms with van der Waals surface area (Å²) < 4.78 is 13.0. The average molecular weight is 419 g/mol. The van der Waals surface area contributed by atoms with Crippen molar-refractivity contribution >= 4 is 22.8 Å². The molecule has 0 radical (unpaired) electrons. The summed E-state index contributed by atoms with van der Waals surface area (Å²) in [4.78, 5) is 26.7. The Labute approximate surface area is 180 Å². The molecule has 1 fully saturated rings. The molecule has 31 heavy (non-hydrogen) atoms. The first-order valence-electron chi connectivity index (χ1n) is 10.5. The molecule has 1 saturated heterocycles. The molecule has 160 valence electrons. The molecule has 0 aliphatic carbocycles. The number of hydrogen-bond acceptors (Lipinski definition) is 5. The summed E-state index contributed by atoms with van der Waals surface area (Å²) >= 11 is 0. The van der Waals surface area contributed by atoms with E-state index >= 15 is 0 Å². The molecule has 5 rings (SSSR count). The Hall–Kier alpha value is -3.32. The van der Waals surface area contributed by atoms with Gasteiger partial charge >= 0.3 is 5.97 Å². The molecule has 7 nitrogen and oxygen atoms in total. The summed E-state index contributed by atoms with van der Waals surface area (Å²) in [6.45, 7) is 2.58. The zero-order valence-electron chi connectivity index (χ0n) is 17.5. The third-order valence-corrected chi connectivity index (χ3v) is 6.23. The molecule has 1 amide bonds. The van der Waals surface area contributed by atoms with E-state index in [0.29, 0.717) is 24.2 Å². The van der Waals surface area contributed by atoms with Crippen molar-refractivity contribution in [3.05, 3.63) is 65.9 Å². The number of piperidine rings is 1. The van der Waals surface area contributed by atoms with Gasteiger partial charge in [0.25, 0.3) is 5.91 Å². The fourth-order valence-corrected chi connectivity index (χ4v) is 4.58. The van der Waals surface area contributed by atoms with Crippen molar-refractivity contribution in [1.82, 2.24) is 14.8 Å². The molecule has 1 N–H and O–H groups in total. The summed E-state index contributed by atoms with van der Waals surface area (Å²) in [5.74, 6) is 0.324. The largest absolute Gasteiger partial charge is 0.468 e. The predicted octanol–water partition coefficient (Wildman–Crippen LogP) is 2.93. The Balaban J connectivity index is 1.31. The second-order valence-corrected chi connectivity index (χ2v) is 8.20. The number of fused-ring (bicyclic) bond motifs is 2. The number of ether oxygens (including phenoxy) is 2. The van der Waals surface area contributed by atoms with Gasteiger partial charge in [-0.2, -0.15) is 0 Å². The van der Waals surface area contributed by atoms with E-state index < -0.39 is 5.72 Å². The van der Waals surface area contributed by atoms with Crippen LogP contribution in [0.1, 0.15) is 28.8 Å². The van der Waals surface area contributed by atoms with Crippen molar-refractivity contribution in [3.8, 4) is 5.75 Å². The lowest BCUT2D eigenvalue weighted by Gasteiger charge is -2.44. The van der Waals surface area contributed by atoms with E-state index in [2.05, 4.69) is 16.3 Å². The molecule has 0 atom stereocenters. The van der Waals surface area contributed by atoms with E-state index in [-0.39, 0.29) is 18.4 Å². The standard InChI is InChI=1S/C24H25N3O4/c1-30-22(28)16-27-15-17(18-6-2-4-8-20(18)27)14-26-12-10-24(11-13-26)25-23(29)19-7-3-5-9-21(19)31-24/h2-9,15H,10-14,16H2,1H3,(H,25,29). The first kappa shape index (κ1) is 19.6. The van der Waals surface area contributed by atoms with Crippen LogP contribution in [0, 0.1) is 0 Å². The van der Waals surface area contributed by atoms with Crippen LogP contribution >= 0.6 is 0 Å². The lowest BCUT2D eigenvalue weighted by Crippen LogP contribution is -2.60. The van der Waals surface area contributed by atoms with Gasteiger partial charge in [0, 0.05) is 49.6 Å². The fraction of sp³-hybridized carbons (Fsp3) is 0.333. The highest BCUT2D eigenvalue weighted by Gasteiger charge is 2.42. The molecule has 3 heterocycles. The van der Waals surface area contributed by atoms with Crippen LogP contribution in [0.4, 0.5) is 0 Å². The Kier molecular flexibility index (Phi) is 4.90. The number of aromatic nitrogens is 1. The first-order chi connectivity index (χ1) is 15.1. The Morgan fingerprint density at radius 1 is 1.13 bits per heavy atom. The number of likely N-dealkylation sites (tertiary alicyclic amines) is 1. The minimum atomic E-state index is -0.638. The topological polar surface area (TPSA) is 72.8 Å². The van der Waals surface area contributed by atoms with Crippen molar-refractivity contribution in [2.75, 3.05) is 20.2 Å². The van der Waals surface area contributed by atoms with Crippen molar-refractivity contribution in [1.29, 1.82) is 0 Å². The molecular weight excluding hydrogens is 394 g/mol. The number of amides is 1. The van der Waals surface area contributed by atoms with E-state index in [9.17, 15) is 9.59 Å². The van der Waals surface area contributed by atoms with Gasteiger partial charge in [-0.25, -0.2) is 0 Å². The van der Waals surface area contributed by atoms with Gasteiger partial charge in [0.2, 0.25) is 0 Å². The van der Waals surface area contributed by atoms with Crippen LogP contribution in [0.25, 0.3) is 10.9 Å². The fourth-order valence-electron chi connectivity index (χ4n) is 4.58. The molecule has 3 aromatic rings. The normalized spacial score (nSPS) is 17.8. The van der Waals surface area contributed by atoms with Crippen LogP contribution in [-0.2, 0) is 22.6 Å². The summed E-state index contributed by atoms with van der Waals surface area (Å²) in [5, 5.41) is 4.23. The number of carbonyl (C=O) groups excluding carboxylic acids is 2. The van der Waals surface area contributed by atoms with Crippen LogP contribution in [0.3, 0.4) is 0 Å². The second kappa shape index (κ2) is 7.74. The lowest BCUT2D eigenvalue weighted by atomic mass is 9.96. The summed E-state index contributed by atoms with van der Waals surface area (Å²) in [7, 11) is 1.41. The minimum absolute atomic E-state index is 0.0684.